The van der Waals surface area contributed by atoms with Crippen LogP contribution in [-0.4, -0.2) is 12.5 Å². The van der Waals surface area contributed by atoms with Crippen LogP contribution in [0.4, 0.5) is 5.69 Å². The lowest BCUT2D eigenvalue weighted by atomic mass is 10.2. The smallest absolute Gasteiger partial charge is 0.237 e. The Hall–Kier alpha value is -1.97. The van der Waals surface area contributed by atoms with Gasteiger partial charge in [0.15, 0.2) is 0 Å². The van der Waals surface area contributed by atoms with Crippen LogP contribution >= 0.6 is 0 Å². The lowest BCUT2D eigenvalue weighted by Crippen LogP contribution is -2.31. The number of amides is 1. The number of benzene rings is 1. The molecule has 1 aromatic carbocycles. The number of para-hydroxylation sites is 2. The van der Waals surface area contributed by atoms with Crippen LogP contribution < -0.4 is 15.4 Å². The van der Waals surface area contributed by atoms with Crippen molar-refractivity contribution in [3.8, 4) is 5.75 Å². The third-order valence-electron chi connectivity index (χ3n) is 1.94. The van der Waals surface area contributed by atoms with Crippen LogP contribution in [0.15, 0.2) is 36.7 Å². The van der Waals surface area contributed by atoms with E-state index in [0.717, 1.165) is 11.4 Å². The molecule has 0 saturated heterocycles. The molecule has 0 spiro atoms. The van der Waals surface area contributed by atoms with Gasteiger partial charge in [0.2, 0.25) is 5.91 Å². The van der Waals surface area contributed by atoms with Crippen LogP contribution in [0.5, 0.6) is 5.75 Å². The van der Waals surface area contributed by atoms with E-state index in [2.05, 4.69) is 0 Å². The van der Waals surface area contributed by atoms with Gasteiger partial charge in [0.25, 0.3) is 0 Å². The Morgan fingerprint density at radius 2 is 2.21 bits per heavy atom. The molecule has 1 heterocycles. The highest BCUT2D eigenvalue weighted by Crippen LogP contribution is 2.30. The zero-order chi connectivity index (χ0) is 9.97. The summed E-state index contributed by atoms with van der Waals surface area (Å²) in [4.78, 5) is 12.5. The molecule has 0 atom stereocenters. The summed E-state index contributed by atoms with van der Waals surface area (Å²) in [5.41, 5.74) is 5.98. The van der Waals surface area contributed by atoms with Gasteiger partial charge in [-0.3, -0.25) is 4.79 Å². The molecule has 0 aromatic heterocycles. The summed E-state index contributed by atoms with van der Waals surface area (Å²) in [6.07, 6.45) is 3.22. The molecule has 0 unspecified atom stereocenters. The molecular weight excluding hydrogens is 180 g/mol. The lowest BCUT2D eigenvalue weighted by Gasteiger charge is -2.24. The second-order valence-corrected chi connectivity index (χ2v) is 2.96. The van der Waals surface area contributed by atoms with E-state index in [-0.39, 0.29) is 12.5 Å². The molecule has 1 aliphatic rings. The zero-order valence-corrected chi connectivity index (χ0v) is 7.51. The van der Waals surface area contributed by atoms with E-state index >= 15 is 0 Å². The van der Waals surface area contributed by atoms with Crippen molar-refractivity contribution in [2.45, 2.75) is 0 Å². The van der Waals surface area contributed by atoms with Crippen LogP contribution in [0.3, 0.4) is 0 Å². The summed E-state index contributed by atoms with van der Waals surface area (Å²) in [6, 6.07) is 7.48. The van der Waals surface area contributed by atoms with E-state index in [4.69, 9.17) is 10.5 Å². The predicted octanol–water partition coefficient (Wildman–Crippen LogP) is 0.842. The standard InChI is InChI=1S/C10H10N2O2/c11-10(13)7-12-5-6-14-9-4-2-1-3-8(9)12/h1-6H,7H2,(H2,11,13). The van der Waals surface area contributed by atoms with Gasteiger partial charge in [-0.2, -0.15) is 0 Å². The monoisotopic (exact) mass is 190 g/mol. The van der Waals surface area contributed by atoms with Gasteiger partial charge >= 0.3 is 0 Å². The Kier molecular flexibility index (Phi) is 2.10. The van der Waals surface area contributed by atoms with Crippen molar-refractivity contribution in [3.05, 3.63) is 36.7 Å². The average Bonchev–Trinajstić information content (AvgIpc) is 2.18. The highest BCUT2D eigenvalue weighted by atomic mass is 16.5. The quantitative estimate of drug-likeness (QED) is 0.751. The van der Waals surface area contributed by atoms with Crippen LogP contribution in [0, 0.1) is 0 Å². The van der Waals surface area contributed by atoms with Crippen molar-refractivity contribution >= 4 is 11.6 Å². The third kappa shape index (κ3) is 1.54. The molecule has 1 aromatic rings. The molecule has 2 rings (SSSR count). The van der Waals surface area contributed by atoms with E-state index in [0.29, 0.717) is 0 Å². The highest BCUT2D eigenvalue weighted by Gasteiger charge is 2.14. The van der Waals surface area contributed by atoms with Gasteiger partial charge in [-0.05, 0) is 12.1 Å². The van der Waals surface area contributed by atoms with Gasteiger partial charge in [0.1, 0.15) is 18.6 Å². The maximum atomic E-state index is 10.8. The number of carbonyl (C=O) groups is 1. The maximum Gasteiger partial charge on any atom is 0.237 e. The summed E-state index contributed by atoms with van der Waals surface area (Å²) in [5, 5.41) is 0. The number of nitrogens with two attached hydrogens (primary N) is 1. The lowest BCUT2D eigenvalue weighted by molar-refractivity contribution is -0.116. The Balaban J connectivity index is 2.31. The Labute approximate surface area is 81.6 Å². The van der Waals surface area contributed by atoms with Crippen molar-refractivity contribution in [1.82, 2.24) is 0 Å². The molecule has 0 radical (unpaired) electrons. The van der Waals surface area contributed by atoms with Gasteiger partial charge in [0.05, 0.1) is 5.69 Å². The number of fused-ring (bicyclic) bond motifs is 1. The number of hydrogen-bond acceptors (Lipinski definition) is 3. The summed E-state index contributed by atoms with van der Waals surface area (Å²) >= 11 is 0. The van der Waals surface area contributed by atoms with Crippen LogP contribution in [0.25, 0.3) is 0 Å². The Bertz CT molecular complexity index is 387. The minimum Gasteiger partial charge on any atom is -0.461 e. The number of rotatable bonds is 2. The molecule has 0 saturated carbocycles. The first-order chi connectivity index (χ1) is 6.77. The summed E-state index contributed by atoms with van der Waals surface area (Å²) in [7, 11) is 0. The largest absolute Gasteiger partial charge is 0.461 e. The number of hydrogen-bond donors (Lipinski definition) is 1. The summed E-state index contributed by atoms with van der Waals surface area (Å²) in [6.45, 7) is 0.164. The molecule has 0 fully saturated rings. The van der Waals surface area contributed by atoms with Gasteiger partial charge in [-0.25, -0.2) is 0 Å². The number of carbonyl (C=O) groups excluding carboxylic acids is 1. The SMILES string of the molecule is NC(=O)CN1C=COc2ccccc21. The highest BCUT2D eigenvalue weighted by molar-refractivity contribution is 5.81. The van der Waals surface area contributed by atoms with E-state index in [1.807, 2.05) is 24.3 Å². The molecule has 0 aliphatic carbocycles. The van der Waals surface area contributed by atoms with Crippen molar-refractivity contribution in [3.63, 3.8) is 0 Å². The van der Waals surface area contributed by atoms with E-state index in [1.165, 1.54) is 6.26 Å². The number of nitrogens with zero attached hydrogens (tertiary/aromatic N) is 1. The molecule has 14 heavy (non-hydrogen) atoms. The molecule has 1 amide bonds. The van der Waals surface area contributed by atoms with Crippen molar-refractivity contribution in [2.24, 2.45) is 5.73 Å². The second-order valence-electron chi connectivity index (χ2n) is 2.96. The predicted molar refractivity (Wildman–Crippen MR) is 52.8 cm³/mol. The van der Waals surface area contributed by atoms with Crippen LogP contribution in [-0.2, 0) is 4.79 Å². The second kappa shape index (κ2) is 3.41. The topological polar surface area (TPSA) is 55.6 Å². The molecule has 1 aliphatic heterocycles. The Morgan fingerprint density at radius 1 is 1.43 bits per heavy atom. The van der Waals surface area contributed by atoms with Gasteiger partial charge < -0.3 is 15.4 Å². The molecule has 72 valence electrons. The number of primary amides is 1. The minimum atomic E-state index is -0.369. The van der Waals surface area contributed by atoms with Gasteiger partial charge in [-0.15, -0.1) is 0 Å². The van der Waals surface area contributed by atoms with Crippen molar-refractivity contribution in [1.29, 1.82) is 0 Å². The summed E-state index contributed by atoms with van der Waals surface area (Å²) < 4.78 is 5.26. The average molecular weight is 190 g/mol. The summed E-state index contributed by atoms with van der Waals surface area (Å²) in [5.74, 6) is 0.364. The van der Waals surface area contributed by atoms with Crippen LogP contribution in [0.1, 0.15) is 0 Å². The number of ether oxygens (including phenoxy) is 1. The van der Waals surface area contributed by atoms with Crippen LogP contribution in [0.2, 0.25) is 0 Å². The van der Waals surface area contributed by atoms with E-state index < -0.39 is 0 Å². The molecule has 2 N–H and O–H groups in total. The maximum absolute atomic E-state index is 10.8. The first-order valence-electron chi connectivity index (χ1n) is 4.24. The third-order valence-corrected chi connectivity index (χ3v) is 1.94. The van der Waals surface area contributed by atoms with Gasteiger partial charge in [0, 0.05) is 6.20 Å². The minimum absolute atomic E-state index is 0.164. The normalized spacial score (nSPS) is 13.3. The first kappa shape index (κ1) is 8.62. The first-order valence-corrected chi connectivity index (χ1v) is 4.24. The van der Waals surface area contributed by atoms with E-state index in [1.54, 1.807) is 11.1 Å². The number of anilines is 1. The van der Waals surface area contributed by atoms with Crippen molar-refractivity contribution in [2.75, 3.05) is 11.4 Å². The zero-order valence-electron chi connectivity index (χ0n) is 7.51. The molecule has 0 bridgehead atoms. The molecular formula is C10H10N2O2. The molecule has 4 nitrogen and oxygen atoms in total. The fourth-order valence-corrected chi connectivity index (χ4v) is 1.36. The van der Waals surface area contributed by atoms with Crippen molar-refractivity contribution < 1.29 is 9.53 Å². The fourth-order valence-electron chi connectivity index (χ4n) is 1.36. The van der Waals surface area contributed by atoms with E-state index in [9.17, 15) is 4.79 Å². The van der Waals surface area contributed by atoms with Gasteiger partial charge in [-0.1, -0.05) is 12.1 Å². The fraction of sp³-hybridized carbons (Fsp3) is 0.100. The molecule has 4 heteroatoms. The Morgan fingerprint density at radius 3 is 3.00 bits per heavy atom.